The lowest BCUT2D eigenvalue weighted by Gasteiger charge is -2.24. The molecule has 11 heteroatoms. The summed E-state index contributed by atoms with van der Waals surface area (Å²) in [6.07, 6.45) is -5.37. The van der Waals surface area contributed by atoms with Crippen LogP contribution in [-0.2, 0) is 42.9 Å². The van der Waals surface area contributed by atoms with Crippen molar-refractivity contribution in [3.63, 3.8) is 0 Å². The number of hydrogen-bond donors (Lipinski definition) is 0. The molecule has 2 rings (SSSR count). The van der Waals surface area contributed by atoms with Crippen LogP contribution in [0.4, 0.5) is 0 Å². The van der Waals surface area contributed by atoms with Crippen LogP contribution in [0.3, 0.4) is 0 Å². The summed E-state index contributed by atoms with van der Waals surface area (Å²) in [6.45, 7) is 4.85. The van der Waals surface area contributed by atoms with E-state index >= 15 is 0 Å². The number of carbonyl (C=O) groups is 4. The van der Waals surface area contributed by atoms with Gasteiger partial charge in [-0.25, -0.2) is 0 Å². The van der Waals surface area contributed by atoms with Crippen molar-refractivity contribution < 1.29 is 42.9 Å². The van der Waals surface area contributed by atoms with Crippen molar-refractivity contribution in [2.24, 2.45) is 0 Å². The molecule has 2 heterocycles. The average Bonchev–Trinajstić information content (AvgIpc) is 3.01. The van der Waals surface area contributed by atoms with Gasteiger partial charge in [-0.15, -0.1) is 0 Å². The van der Waals surface area contributed by atoms with Crippen molar-refractivity contribution in [1.29, 1.82) is 0 Å². The summed E-state index contributed by atoms with van der Waals surface area (Å²) >= 11 is 5.00. The largest absolute Gasteiger partial charge is 0.462 e. The molecule has 0 bridgehead atoms. The maximum Gasteiger partial charge on any atom is 0.305 e. The first-order valence-electron chi connectivity index (χ1n) is 7.76. The molecule has 2 aliphatic heterocycles. The molecule has 0 N–H and O–H groups in total. The summed E-state index contributed by atoms with van der Waals surface area (Å²) in [5, 5.41) is -0.0485. The number of carbonyl (C=O) groups excluding carboxylic acids is 4. The highest BCUT2D eigenvalue weighted by molar-refractivity contribution is 7.80. The lowest BCUT2D eigenvalue weighted by molar-refractivity contribution is -0.197. The fourth-order valence-corrected chi connectivity index (χ4v) is 3.09. The van der Waals surface area contributed by atoms with Crippen molar-refractivity contribution >= 4 is 41.2 Å². The second-order valence-corrected chi connectivity index (χ2v) is 6.13. The van der Waals surface area contributed by atoms with Gasteiger partial charge in [0.2, 0.25) is 18.3 Å². The van der Waals surface area contributed by atoms with Crippen LogP contribution in [-0.4, -0.2) is 71.1 Å². The fourth-order valence-electron chi connectivity index (χ4n) is 2.76. The van der Waals surface area contributed by atoms with E-state index in [-0.39, 0.29) is 17.6 Å². The van der Waals surface area contributed by atoms with Gasteiger partial charge in [-0.1, -0.05) is 0 Å². The lowest BCUT2D eigenvalue weighted by atomic mass is 10.1. The van der Waals surface area contributed by atoms with E-state index in [9.17, 15) is 19.2 Å². The van der Waals surface area contributed by atoms with Crippen LogP contribution >= 0.6 is 12.2 Å². The summed E-state index contributed by atoms with van der Waals surface area (Å²) in [4.78, 5) is 47.1. The maximum atomic E-state index is 11.6. The predicted octanol–water partition coefficient (Wildman–Crippen LogP) is -0.330. The van der Waals surface area contributed by atoms with Gasteiger partial charge in [-0.3, -0.25) is 24.1 Å². The molecule has 5 atom stereocenters. The van der Waals surface area contributed by atoms with Crippen LogP contribution in [0, 0.1) is 0 Å². The smallest absolute Gasteiger partial charge is 0.305 e. The molecule has 0 aliphatic carbocycles. The molecule has 0 spiro atoms. The zero-order chi connectivity index (χ0) is 19.6. The van der Waals surface area contributed by atoms with E-state index in [1.807, 2.05) is 0 Å². The van der Waals surface area contributed by atoms with Crippen LogP contribution in [0.2, 0.25) is 0 Å². The monoisotopic (exact) mass is 389 g/mol. The van der Waals surface area contributed by atoms with Crippen LogP contribution < -0.4 is 0 Å². The molecular formula is C15H19NO9S. The first-order chi connectivity index (χ1) is 12.1. The van der Waals surface area contributed by atoms with E-state index in [0.29, 0.717) is 0 Å². The molecule has 0 radical (unpaired) electrons. The SMILES string of the molecule is CC(=O)O[C@H]1O[C@H]([C@H]2CN(C(C)=O)C(=S)O2)[C@H](OC(C)=O)[C@H]1OC(C)=O. The van der Waals surface area contributed by atoms with Gasteiger partial charge in [0, 0.05) is 27.7 Å². The molecule has 0 aromatic rings. The molecule has 144 valence electrons. The fraction of sp³-hybridized carbons (Fsp3) is 0.667. The Labute approximate surface area is 154 Å². The van der Waals surface area contributed by atoms with Gasteiger partial charge in [0.15, 0.2) is 6.10 Å². The van der Waals surface area contributed by atoms with Gasteiger partial charge in [-0.05, 0) is 12.2 Å². The van der Waals surface area contributed by atoms with Crippen LogP contribution in [0.25, 0.3) is 0 Å². The van der Waals surface area contributed by atoms with Gasteiger partial charge < -0.3 is 23.7 Å². The highest BCUT2D eigenvalue weighted by Crippen LogP contribution is 2.33. The zero-order valence-electron chi connectivity index (χ0n) is 14.6. The highest BCUT2D eigenvalue weighted by Gasteiger charge is 2.56. The van der Waals surface area contributed by atoms with Crippen molar-refractivity contribution in [3.8, 4) is 0 Å². The molecule has 2 aliphatic rings. The Kier molecular flexibility index (Phi) is 6.13. The first kappa shape index (κ1) is 20.0. The standard InChI is InChI=1S/C15H19NO9S/c1-6(17)16-5-10(24-15(16)26)11-12(21-7(2)18)13(22-8(3)19)14(25-11)23-9(4)20/h10-14H,5H2,1-4H3/t10-,11-,12+,13-,14+/m1/s1. The predicted molar refractivity (Wildman–Crippen MR) is 86.4 cm³/mol. The van der Waals surface area contributed by atoms with Gasteiger partial charge in [-0.2, -0.15) is 0 Å². The average molecular weight is 389 g/mol. The van der Waals surface area contributed by atoms with E-state index in [1.54, 1.807) is 0 Å². The first-order valence-corrected chi connectivity index (χ1v) is 8.16. The van der Waals surface area contributed by atoms with Crippen molar-refractivity contribution in [3.05, 3.63) is 0 Å². The van der Waals surface area contributed by atoms with E-state index < -0.39 is 48.6 Å². The molecule has 26 heavy (non-hydrogen) atoms. The molecule has 10 nitrogen and oxygen atoms in total. The molecule has 0 saturated carbocycles. The van der Waals surface area contributed by atoms with Crippen LogP contribution in [0.15, 0.2) is 0 Å². The number of ether oxygens (including phenoxy) is 5. The number of rotatable bonds is 4. The Morgan fingerprint density at radius 2 is 1.50 bits per heavy atom. The summed E-state index contributed by atoms with van der Waals surface area (Å²) in [6, 6.07) is 0. The summed E-state index contributed by atoms with van der Waals surface area (Å²) in [5.74, 6) is -2.34. The number of nitrogens with zero attached hydrogens (tertiary/aromatic N) is 1. The van der Waals surface area contributed by atoms with Gasteiger partial charge in [0.1, 0.15) is 12.2 Å². The maximum absolute atomic E-state index is 11.6. The quantitative estimate of drug-likeness (QED) is 0.359. The third-order valence-corrected chi connectivity index (χ3v) is 3.99. The summed E-state index contributed by atoms with van der Waals surface area (Å²) in [7, 11) is 0. The summed E-state index contributed by atoms with van der Waals surface area (Å²) < 4.78 is 26.5. The molecule has 0 aromatic carbocycles. The third kappa shape index (κ3) is 4.47. The molecule has 0 aromatic heterocycles. The second kappa shape index (κ2) is 7.96. The number of amides is 1. The van der Waals surface area contributed by atoms with E-state index in [1.165, 1.54) is 18.7 Å². The Hall–Kier alpha value is -2.27. The minimum Gasteiger partial charge on any atom is -0.462 e. The normalized spacial score (nSPS) is 30.5. The van der Waals surface area contributed by atoms with Crippen LogP contribution in [0.5, 0.6) is 0 Å². The molecule has 2 saturated heterocycles. The van der Waals surface area contributed by atoms with E-state index in [4.69, 9.17) is 35.9 Å². The number of esters is 3. The summed E-state index contributed by atoms with van der Waals surface area (Å²) in [5.41, 5.74) is 0. The number of thiocarbonyl (C=S) groups is 1. The van der Waals surface area contributed by atoms with Crippen molar-refractivity contribution in [2.75, 3.05) is 6.54 Å². The van der Waals surface area contributed by atoms with Crippen molar-refractivity contribution in [2.45, 2.75) is 58.4 Å². The second-order valence-electron chi connectivity index (χ2n) is 5.78. The van der Waals surface area contributed by atoms with E-state index in [2.05, 4.69) is 0 Å². The molecule has 1 amide bonds. The molecule has 0 unspecified atom stereocenters. The third-order valence-electron chi connectivity index (χ3n) is 3.67. The Morgan fingerprint density at radius 1 is 0.962 bits per heavy atom. The molecular weight excluding hydrogens is 370 g/mol. The topological polar surface area (TPSA) is 118 Å². The van der Waals surface area contributed by atoms with E-state index in [0.717, 1.165) is 13.8 Å². The number of hydrogen-bond acceptors (Lipinski definition) is 10. The lowest BCUT2D eigenvalue weighted by Crippen LogP contribution is -2.45. The van der Waals surface area contributed by atoms with Gasteiger partial charge in [0.25, 0.3) is 5.17 Å². The Morgan fingerprint density at radius 3 is 1.96 bits per heavy atom. The minimum atomic E-state index is -1.30. The highest BCUT2D eigenvalue weighted by atomic mass is 32.1. The van der Waals surface area contributed by atoms with Gasteiger partial charge in [0.05, 0.1) is 6.54 Å². The zero-order valence-corrected chi connectivity index (χ0v) is 15.4. The van der Waals surface area contributed by atoms with Crippen molar-refractivity contribution in [1.82, 2.24) is 4.90 Å². The Bertz CT molecular complexity index is 637. The van der Waals surface area contributed by atoms with Crippen LogP contribution in [0.1, 0.15) is 27.7 Å². The molecule has 2 fully saturated rings. The van der Waals surface area contributed by atoms with Gasteiger partial charge >= 0.3 is 17.9 Å². The minimum absolute atomic E-state index is 0.0485. The Balaban J connectivity index is 2.28.